The van der Waals surface area contributed by atoms with E-state index in [9.17, 15) is 4.79 Å². The first-order valence-electron chi connectivity index (χ1n) is 10.3. The quantitative estimate of drug-likeness (QED) is 0.834. The van der Waals surface area contributed by atoms with Crippen LogP contribution in [0.1, 0.15) is 44.1 Å². The zero-order chi connectivity index (χ0) is 18.6. The second-order valence-corrected chi connectivity index (χ2v) is 8.48. The second-order valence-electron chi connectivity index (χ2n) is 8.07. The number of fused-ring (bicyclic) bond motifs is 1. The zero-order valence-electron chi connectivity index (χ0n) is 15.8. The lowest BCUT2D eigenvalue weighted by Gasteiger charge is -2.33. The Labute approximate surface area is 166 Å². The highest BCUT2D eigenvalue weighted by molar-refractivity contribution is 6.32. The van der Waals surface area contributed by atoms with Crippen LogP contribution >= 0.6 is 11.6 Å². The van der Waals surface area contributed by atoms with Gasteiger partial charge in [0, 0.05) is 25.7 Å². The van der Waals surface area contributed by atoms with Gasteiger partial charge in [-0.2, -0.15) is 0 Å². The van der Waals surface area contributed by atoms with Gasteiger partial charge in [-0.1, -0.05) is 24.4 Å². The van der Waals surface area contributed by atoms with Crippen LogP contribution in [0, 0.1) is 5.92 Å². The van der Waals surface area contributed by atoms with Crippen molar-refractivity contribution in [2.24, 2.45) is 5.92 Å². The molecular weight excluding hydrogens is 364 g/mol. The summed E-state index contributed by atoms with van der Waals surface area (Å²) in [6.45, 7) is 4.45. The molecule has 0 atom stereocenters. The minimum Gasteiger partial charge on any atom is -0.486 e. The molecule has 1 N–H and O–H groups in total. The van der Waals surface area contributed by atoms with Crippen molar-refractivity contribution in [1.82, 2.24) is 10.2 Å². The smallest absolute Gasteiger partial charge is 0.224 e. The Morgan fingerprint density at radius 3 is 2.63 bits per heavy atom. The topological polar surface area (TPSA) is 50.8 Å². The van der Waals surface area contributed by atoms with Gasteiger partial charge < -0.3 is 19.7 Å². The van der Waals surface area contributed by atoms with E-state index in [1.165, 1.54) is 32.2 Å². The number of nitrogens with one attached hydrogen (secondary N) is 1. The number of carbonyl (C=O) groups excluding carboxylic acids is 1. The van der Waals surface area contributed by atoms with Crippen LogP contribution in [0.25, 0.3) is 0 Å². The molecule has 0 bridgehead atoms. The third-order valence-corrected chi connectivity index (χ3v) is 6.25. The number of likely N-dealkylation sites (tertiary alicyclic amines) is 1. The summed E-state index contributed by atoms with van der Waals surface area (Å²) in [5.74, 6) is 2.17. The standard InChI is InChI=1S/C21H29ClN2O3/c22-18-11-16(12-19-21(18)27-10-9-26-19)13-20(25)23-17-5-7-24(8-6-17)14-15-3-1-2-4-15/h11-12,15,17H,1-10,13-14H2,(H,23,25). The van der Waals surface area contributed by atoms with Gasteiger partial charge in [-0.3, -0.25) is 4.79 Å². The molecule has 1 aromatic rings. The molecule has 3 aliphatic rings. The fourth-order valence-corrected chi connectivity index (χ4v) is 4.84. The molecule has 5 nitrogen and oxygen atoms in total. The van der Waals surface area contributed by atoms with Crippen molar-refractivity contribution in [2.75, 3.05) is 32.8 Å². The van der Waals surface area contributed by atoms with E-state index in [2.05, 4.69) is 10.2 Å². The Balaban J connectivity index is 1.25. The van der Waals surface area contributed by atoms with Crippen LogP contribution in [-0.4, -0.2) is 49.7 Å². The third kappa shape index (κ3) is 4.88. The Bertz CT molecular complexity index is 668. The van der Waals surface area contributed by atoms with Gasteiger partial charge >= 0.3 is 0 Å². The lowest BCUT2D eigenvalue weighted by molar-refractivity contribution is -0.121. The maximum Gasteiger partial charge on any atom is 0.224 e. The summed E-state index contributed by atoms with van der Waals surface area (Å²) in [6.07, 6.45) is 8.00. The number of halogens is 1. The van der Waals surface area contributed by atoms with Gasteiger partial charge in [0.25, 0.3) is 0 Å². The lowest BCUT2D eigenvalue weighted by Crippen LogP contribution is -2.46. The summed E-state index contributed by atoms with van der Waals surface area (Å²) in [4.78, 5) is 15.1. The number of ether oxygens (including phenoxy) is 2. The van der Waals surface area contributed by atoms with Gasteiger partial charge in [-0.05, 0) is 49.3 Å². The SMILES string of the molecule is O=C(Cc1cc(Cl)c2c(c1)OCCO2)NC1CCN(CC2CCCC2)CC1. The first-order valence-corrected chi connectivity index (χ1v) is 10.6. The molecule has 1 amide bonds. The maximum atomic E-state index is 12.5. The van der Waals surface area contributed by atoms with Crippen LogP contribution in [0.2, 0.25) is 5.02 Å². The van der Waals surface area contributed by atoms with E-state index in [0.29, 0.717) is 36.2 Å². The number of rotatable bonds is 5. The molecule has 0 aromatic heterocycles. The van der Waals surface area contributed by atoms with E-state index in [-0.39, 0.29) is 11.9 Å². The molecule has 2 aliphatic heterocycles. The molecule has 2 fully saturated rings. The average molecular weight is 393 g/mol. The molecule has 2 heterocycles. The van der Waals surface area contributed by atoms with E-state index in [1.807, 2.05) is 6.07 Å². The fraction of sp³-hybridized carbons (Fsp3) is 0.667. The van der Waals surface area contributed by atoms with Gasteiger partial charge in [0.15, 0.2) is 11.5 Å². The molecule has 1 aromatic carbocycles. The number of hydrogen-bond acceptors (Lipinski definition) is 4. The second kappa shape index (κ2) is 8.70. The molecule has 148 valence electrons. The Morgan fingerprint density at radius 2 is 1.85 bits per heavy atom. The summed E-state index contributed by atoms with van der Waals surface area (Å²) < 4.78 is 11.1. The monoisotopic (exact) mass is 392 g/mol. The molecule has 1 saturated carbocycles. The predicted octanol–water partition coefficient (Wildman–Crippen LogP) is 3.42. The van der Waals surface area contributed by atoms with E-state index in [1.54, 1.807) is 6.07 Å². The van der Waals surface area contributed by atoms with Crippen LogP contribution in [0.4, 0.5) is 0 Å². The van der Waals surface area contributed by atoms with Crippen molar-refractivity contribution in [1.29, 1.82) is 0 Å². The van der Waals surface area contributed by atoms with Crippen LogP contribution < -0.4 is 14.8 Å². The van der Waals surface area contributed by atoms with Crippen LogP contribution in [0.15, 0.2) is 12.1 Å². The molecule has 0 unspecified atom stereocenters. The molecule has 4 rings (SSSR count). The van der Waals surface area contributed by atoms with Gasteiger partial charge in [0.1, 0.15) is 13.2 Å². The van der Waals surface area contributed by atoms with Crippen molar-refractivity contribution >= 4 is 17.5 Å². The molecular formula is C21H29ClN2O3. The Kier molecular flexibility index (Phi) is 6.08. The van der Waals surface area contributed by atoms with Crippen LogP contribution in [0.3, 0.4) is 0 Å². The molecule has 1 aliphatic carbocycles. The molecule has 0 radical (unpaired) electrons. The van der Waals surface area contributed by atoms with E-state index in [4.69, 9.17) is 21.1 Å². The highest BCUT2D eigenvalue weighted by Gasteiger charge is 2.24. The highest BCUT2D eigenvalue weighted by Crippen LogP contribution is 2.38. The van der Waals surface area contributed by atoms with Gasteiger partial charge in [0.05, 0.1) is 11.4 Å². The zero-order valence-corrected chi connectivity index (χ0v) is 16.6. The maximum absolute atomic E-state index is 12.5. The first kappa shape index (κ1) is 18.9. The summed E-state index contributed by atoms with van der Waals surface area (Å²) in [7, 11) is 0. The van der Waals surface area contributed by atoms with E-state index in [0.717, 1.165) is 37.4 Å². The largest absolute Gasteiger partial charge is 0.486 e. The number of amides is 1. The van der Waals surface area contributed by atoms with Gasteiger partial charge in [-0.25, -0.2) is 0 Å². The molecule has 0 spiro atoms. The fourth-order valence-electron chi connectivity index (χ4n) is 4.55. The normalized spacial score (nSPS) is 21.4. The average Bonchev–Trinajstić information content (AvgIpc) is 3.16. The Morgan fingerprint density at radius 1 is 1.11 bits per heavy atom. The van der Waals surface area contributed by atoms with Gasteiger partial charge in [0.2, 0.25) is 5.91 Å². The summed E-state index contributed by atoms with van der Waals surface area (Å²) >= 11 is 6.27. The number of piperidine rings is 1. The first-order chi connectivity index (χ1) is 13.2. The van der Waals surface area contributed by atoms with E-state index >= 15 is 0 Å². The third-order valence-electron chi connectivity index (χ3n) is 5.97. The molecule has 27 heavy (non-hydrogen) atoms. The molecule has 1 saturated heterocycles. The predicted molar refractivity (Wildman–Crippen MR) is 106 cm³/mol. The Hall–Kier alpha value is -1.46. The number of benzene rings is 1. The van der Waals surface area contributed by atoms with Crippen molar-refractivity contribution in [3.8, 4) is 11.5 Å². The number of nitrogens with zero attached hydrogens (tertiary/aromatic N) is 1. The summed E-state index contributed by atoms with van der Waals surface area (Å²) in [5, 5.41) is 3.71. The van der Waals surface area contributed by atoms with Crippen molar-refractivity contribution in [3.05, 3.63) is 22.7 Å². The van der Waals surface area contributed by atoms with Crippen molar-refractivity contribution in [3.63, 3.8) is 0 Å². The summed E-state index contributed by atoms with van der Waals surface area (Å²) in [5.41, 5.74) is 0.861. The molecule has 6 heteroatoms. The van der Waals surface area contributed by atoms with Crippen LogP contribution in [0.5, 0.6) is 11.5 Å². The number of carbonyl (C=O) groups is 1. The van der Waals surface area contributed by atoms with Crippen molar-refractivity contribution in [2.45, 2.75) is 51.0 Å². The van der Waals surface area contributed by atoms with E-state index < -0.39 is 0 Å². The number of hydrogen-bond donors (Lipinski definition) is 1. The highest BCUT2D eigenvalue weighted by atomic mass is 35.5. The lowest BCUT2D eigenvalue weighted by atomic mass is 10.0. The summed E-state index contributed by atoms with van der Waals surface area (Å²) in [6, 6.07) is 3.95. The van der Waals surface area contributed by atoms with Crippen LogP contribution in [-0.2, 0) is 11.2 Å². The van der Waals surface area contributed by atoms with Crippen molar-refractivity contribution < 1.29 is 14.3 Å². The minimum atomic E-state index is 0.0528. The van der Waals surface area contributed by atoms with Gasteiger partial charge in [-0.15, -0.1) is 0 Å². The minimum absolute atomic E-state index is 0.0528.